The molecule has 0 spiro atoms. The van der Waals surface area contributed by atoms with Crippen molar-refractivity contribution in [3.63, 3.8) is 0 Å². The molecule has 0 N–H and O–H groups in total. The molecule has 31 heavy (non-hydrogen) atoms. The van der Waals surface area contributed by atoms with Crippen LogP contribution in [0, 0.1) is 18.8 Å². The first kappa shape index (κ1) is 20.4. The molecule has 4 rings (SSSR count). The molecule has 0 atom stereocenters. The standard InChI is InChI=1S/C26H20N2O2S/c1-19-24(31-25(27-19)26(29)30-2)18-15-20-13-16-23(17-14-20)28(21-9-5-3-6-10-21)22-11-7-4-8-12-22/h3-14,16-17H,1-2H3. The highest BCUT2D eigenvalue weighted by molar-refractivity contribution is 7.14. The van der Waals surface area contributed by atoms with Crippen LogP contribution in [0.2, 0.25) is 0 Å². The molecule has 5 heteroatoms. The molecule has 0 bridgehead atoms. The fourth-order valence-electron chi connectivity index (χ4n) is 3.11. The molecular weight excluding hydrogens is 404 g/mol. The van der Waals surface area contributed by atoms with Crippen LogP contribution in [0.1, 0.15) is 25.9 Å². The SMILES string of the molecule is COC(=O)c1nc(C)c(C#Cc2ccc(N(c3ccccc3)c3ccccc3)cc2)s1. The molecule has 0 aliphatic carbocycles. The average Bonchev–Trinajstić information content (AvgIpc) is 3.20. The van der Waals surface area contributed by atoms with E-state index in [0.717, 1.165) is 33.2 Å². The van der Waals surface area contributed by atoms with Crippen molar-refractivity contribution >= 4 is 34.4 Å². The molecule has 0 amide bonds. The molecule has 0 fully saturated rings. The first-order valence-electron chi connectivity index (χ1n) is 9.74. The molecule has 0 radical (unpaired) electrons. The maximum atomic E-state index is 11.7. The second-order valence-electron chi connectivity index (χ2n) is 6.73. The number of benzene rings is 3. The van der Waals surface area contributed by atoms with E-state index in [-0.39, 0.29) is 0 Å². The lowest BCUT2D eigenvalue weighted by Crippen LogP contribution is -2.09. The third kappa shape index (κ3) is 4.66. The molecule has 3 aromatic carbocycles. The predicted molar refractivity (Wildman–Crippen MR) is 125 cm³/mol. The van der Waals surface area contributed by atoms with Gasteiger partial charge in [-0.05, 0) is 61.4 Å². The summed E-state index contributed by atoms with van der Waals surface area (Å²) in [5, 5.41) is 0.320. The summed E-state index contributed by atoms with van der Waals surface area (Å²) in [6.45, 7) is 1.84. The smallest absolute Gasteiger partial charge is 0.367 e. The number of aromatic nitrogens is 1. The van der Waals surface area contributed by atoms with E-state index in [1.807, 2.05) is 55.5 Å². The Labute approximate surface area is 185 Å². The van der Waals surface area contributed by atoms with Gasteiger partial charge in [-0.2, -0.15) is 0 Å². The third-order valence-electron chi connectivity index (χ3n) is 4.63. The van der Waals surface area contributed by atoms with Crippen LogP contribution in [0.5, 0.6) is 0 Å². The molecular formula is C26H20N2O2S. The lowest BCUT2D eigenvalue weighted by Gasteiger charge is -2.25. The van der Waals surface area contributed by atoms with Crippen molar-refractivity contribution in [2.24, 2.45) is 0 Å². The number of thiazole rings is 1. The minimum Gasteiger partial charge on any atom is -0.464 e. The van der Waals surface area contributed by atoms with E-state index < -0.39 is 5.97 Å². The second kappa shape index (κ2) is 9.29. The number of hydrogen-bond donors (Lipinski definition) is 0. The van der Waals surface area contributed by atoms with Gasteiger partial charge in [0.25, 0.3) is 0 Å². The van der Waals surface area contributed by atoms with E-state index >= 15 is 0 Å². The van der Waals surface area contributed by atoms with Crippen molar-refractivity contribution in [3.05, 3.63) is 106 Å². The van der Waals surface area contributed by atoms with E-state index in [1.54, 1.807) is 0 Å². The van der Waals surface area contributed by atoms with Crippen LogP contribution >= 0.6 is 11.3 Å². The Morgan fingerprint density at radius 1 is 0.839 bits per heavy atom. The summed E-state index contributed by atoms with van der Waals surface area (Å²) in [6.07, 6.45) is 0. The summed E-state index contributed by atoms with van der Waals surface area (Å²) in [5.74, 6) is 5.86. The normalized spacial score (nSPS) is 10.1. The van der Waals surface area contributed by atoms with Gasteiger partial charge in [-0.3, -0.25) is 0 Å². The van der Waals surface area contributed by atoms with Gasteiger partial charge in [0.05, 0.1) is 12.8 Å². The Kier molecular flexibility index (Phi) is 6.11. The summed E-state index contributed by atoms with van der Waals surface area (Å²) < 4.78 is 4.73. The topological polar surface area (TPSA) is 42.4 Å². The molecule has 4 aromatic rings. The fourth-order valence-corrected chi connectivity index (χ4v) is 3.95. The molecule has 0 aliphatic rings. The van der Waals surface area contributed by atoms with E-state index in [2.05, 4.69) is 58.1 Å². The number of hydrogen-bond acceptors (Lipinski definition) is 5. The van der Waals surface area contributed by atoms with Crippen molar-refractivity contribution in [2.45, 2.75) is 6.92 Å². The number of methoxy groups -OCH3 is 1. The quantitative estimate of drug-likeness (QED) is 0.293. The first-order chi connectivity index (χ1) is 15.2. The molecule has 0 unspecified atom stereocenters. The minimum absolute atomic E-state index is 0.320. The number of carbonyl (C=O) groups excluding carboxylic acids is 1. The largest absolute Gasteiger partial charge is 0.464 e. The monoisotopic (exact) mass is 424 g/mol. The zero-order valence-corrected chi connectivity index (χ0v) is 18.0. The molecule has 1 aromatic heterocycles. The van der Waals surface area contributed by atoms with Crippen LogP contribution in [0.4, 0.5) is 17.1 Å². The Hall–Kier alpha value is -3.88. The van der Waals surface area contributed by atoms with Crippen LogP contribution in [-0.2, 0) is 4.74 Å². The zero-order valence-electron chi connectivity index (χ0n) is 17.2. The Morgan fingerprint density at radius 3 is 1.94 bits per heavy atom. The van der Waals surface area contributed by atoms with Gasteiger partial charge in [-0.1, -0.05) is 53.7 Å². The second-order valence-corrected chi connectivity index (χ2v) is 7.73. The van der Waals surface area contributed by atoms with Crippen molar-refractivity contribution in [1.29, 1.82) is 0 Å². The number of rotatable bonds is 4. The highest BCUT2D eigenvalue weighted by Gasteiger charge is 2.14. The maximum absolute atomic E-state index is 11.7. The molecule has 1 heterocycles. The first-order valence-corrected chi connectivity index (χ1v) is 10.6. The van der Waals surface area contributed by atoms with Crippen LogP contribution in [-0.4, -0.2) is 18.1 Å². The van der Waals surface area contributed by atoms with Crippen LogP contribution in [0.15, 0.2) is 84.9 Å². The van der Waals surface area contributed by atoms with Crippen LogP contribution in [0.25, 0.3) is 0 Å². The van der Waals surface area contributed by atoms with E-state index in [1.165, 1.54) is 18.4 Å². The summed E-state index contributed by atoms with van der Waals surface area (Å²) in [7, 11) is 1.35. The van der Waals surface area contributed by atoms with Crippen LogP contribution < -0.4 is 4.90 Å². The Morgan fingerprint density at radius 2 is 1.39 bits per heavy atom. The van der Waals surface area contributed by atoms with Crippen molar-refractivity contribution < 1.29 is 9.53 Å². The summed E-state index contributed by atoms with van der Waals surface area (Å²) >= 11 is 1.25. The van der Waals surface area contributed by atoms with Gasteiger partial charge >= 0.3 is 5.97 Å². The zero-order chi connectivity index (χ0) is 21.6. The average molecular weight is 425 g/mol. The van der Waals surface area contributed by atoms with Gasteiger partial charge < -0.3 is 9.64 Å². The Balaban J connectivity index is 1.63. The van der Waals surface area contributed by atoms with Gasteiger partial charge in [-0.15, -0.1) is 0 Å². The van der Waals surface area contributed by atoms with Gasteiger partial charge in [0.1, 0.15) is 4.88 Å². The Bertz CT molecular complexity index is 1200. The minimum atomic E-state index is -0.438. The van der Waals surface area contributed by atoms with E-state index in [9.17, 15) is 4.79 Å². The number of para-hydroxylation sites is 2. The van der Waals surface area contributed by atoms with Crippen molar-refractivity contribution in [1.82, 2.24) is 4.98 Å². The van der Waals surface area contributed by atoms with Crippen LogP contribution in [0.3, 0.4) is 0 Å². The molecule has 4 nitrogen and oxygen atoms in total. The maximum Gasteiger partial charge on any atom is 0.367 e. The van der Waals surface area contributed by atoms with Crippen molar-refractivity contribution in [3.8, 4) is 11.8 Å². The highest BCUT2D eigenvalue weighted by atomic mass is 32.1. The number of aryl methyl sites for hydroxylation is 1. The van der Waals surface area contributed by atoms with Crippen molar-refractivity contribution in [2.75, 3.05) is 12.0 Å². The number of nitrogens with zero attached hydrogens (tertiary/aromatic N) is 2. The molecule has 0 saturated heterocycles. The lowest BCUT2D eigenvalue weighted by molar-refractivity contribution is 0.0600. The fraction of sp³-hybridized carbons (Fsp3) is 0.0769. The van der Waals surface area contributed by atoms with E-state index in [0.29, 0.717) is 5.01 Å². The lowest BCUT2D eigenvalue weighted by atomic mass is 10.1. The summed E-state index contributed by atoms with van der Waals surface area (Å²) in [5.41, 5.74) is 4.84. The third-order valence-corrected chi connectivity index (χ3v) is 5.68. The number of esters is 1. The number of anilines is 3. The highest BCUT2D eigenvalue weighted by Crippen LogP contribution is 2.34. The molecule has 0 aliphatic heterocycles. The van der Waals surface area contributed by atoms with Gasteiger partial charge in [0.2, 0.25) is 5.01 Å². The van der Waals surface area contributed by atoms with Gasteiger partial charge in [0, 0.05) is 22.6 Å². The molecule has 0 saturated carbocycles. The number of carbonyl (C=O) groups is 1. The van der Waals surface area contributed by atoms with E-state index in [4.69, 9.17) is 4.74 Å². The number of ether oxygens (including phenoxy) is 1. The predicted octanol–water partition coefficient (Wildman–Crippen LogP) is 6.11. The van der Waals surface area contributed by atoms with Gasteiger partial charge in [0.15, 0.2) is 0 Å². The summed E-state index contributed by atoms with van der Waals surface area (Å²) in [4.78, 5) is 18.9. The molecule has 152 valence electrons. The van der Waals surface area contributed by atoms with Gasteiger partial charge in [-0.25, -0.2) is 9.78 Å². The summed E-state index contributed by atoms with van der Waals surface area (Å²) in [6, 6.07) is 28.6.